The van der Waals surface area contributed by atoms with Crippen LogP contribution in [0.2, 0.25) is 5.02 Å². The number of hydrogen-bond donors (Lipinski definition) is 0. The minimum atomic E-state index is -0.218. The molecule has 0 saturated heterocycles. The molecule has 16 heavy (non-hydrogen) atoms. The third-order valence-electron chi connectivity index (χ3n) is 2.16. The van der Waals surface area contributed by atoms with Crippen molar-refractivity contribution in [3.05, 3.63) is 39.0 Å². The Morgan fingerprint density at radius 3 is 2.81 bits per heavy atom. The first-order valence-electron chi connectivity index (χ1n) is 4.43. The smallest absolute Gasteiger partial charge is 0.199 e. The number of rotatable bonds is 2. The van der Waals surface area contributed by atoms with Gasteiger partial charge in [0.05, 0.1) is 9.77 Å². The van der Waals surface area contributed by atoms with Crippen molar-refractivity contribution in [2.45, 2.75) is 4.21 Å². The molecule has 2 rings (SSSR count). The van der Waals surface area contributed by atoms with Crippen LogP contribution in [0.4, 0.5) is 0 Å². The summed E-state index contributed by atoms with van der Waals surface area (Å²) in [5, 5.41) is 1.14. The summed E-state index contributed by atoms with van der Waals surface area (Å²) in [5.74, 6) is 0. The van der Waals surface area contributed by atoms with Gasteiger partial charge in [-0.05, 0) is 24.5 Å². The van der Waals surface area contributed by atoms with E-state index in [9.17, 15) is 9.59 Å². The predicted octanol–water partition coefficient (Wildman–Crippen LogP) is 3.45. The first kappa shape index (κ1) is 11.6. The van der Waals surface area contributed by atoms with E-state index in [4.69, 9.17) is 11.6 Å². The normalized spacial score (nSPS) is 10.6. The first-order chi connectivity index (χ1) is 7.67. The van der Waals surface area contributed by atoms with E-state index < -0.39 is 0 Å². The third-order valence-corrected chi connectivity index (χ3v) is 4.70. The summed E-state index contributed by atoms with van der Waals surface area (Å²) >= 11 is 8.68. The molecule has 0 bridgehead atoms. The lowest BCUT2D eigenvalue weighted by Gasteiger charge is -2.02. The molecule has 5 heteroatoms. The largest absolute Gasteiger partial charge is 0.298 e. The van der Waals surface area contributed by atoms with Crippen molar-refractivity contribution in [3.63, 3.8) is 0 Å². The van der Waals surface area contributed by atoms with Gasteiger partial charge in [-0.15, -0.1) is 23.1 Å². The standard InChI is InChI=1S/C11H7ClO2S2/c1-15-11-8(5-13)10(14)7-3-2-6(12)4-9(7)16-11/h2-5H,1H3. The minimum Gasteiger partial charge on any atom is -0.298 e. The average Bonchev–Trinajstić information content (AvgIpc) is 2.28. The fraction of sp³-hybridized carbons (Fsp3) is 0.0909. The second-order valence-corrected chi connectivity index (χ2v) is 5.66. The summed E-state index contributed by atoms with van der Waals surface area (Å²) in [6.07, 6.45) is 2.47. The van der Waals surface area contributed by atoms with Gasteiger partial charge in [0.2, 0.25) is 0 Å². The van der Waals surface area contributed by atoms with E-state index in [0.717, 1.165) is 8.91 Å². The van der Waals surface area contributed by atoms with Gasteiger partial charge in [0.1, 0.15) is 0 Å². The number of carbonyl (C=O) groups excluding carboxylic acids is 1. The molecule has 1 aromatic heterocycles. The van der Waals surface area contributed by atoms with Crippen LogP contribution in [0.1, 0.15) is 10.4 Å². The molecule has 0 aliphatic rings. The molecule has 2 nitrogen and oxygen atoms in total. The zero-order valence-corrected chi connectivity index (χ0v) is 10.7. The van der Waals surface area contributed by atoms with E-state index in [1.807, 2.05) is 6.26 Å². The Hall–Kier alpha value is -0.840. The quantitative estimate of drug-likeness (QED) is 0.619. The second-order valence-electron chi connectivity index (χ2n) is 3.09. The van der Waals surface area contributed by atoms with Gasteiger partial charge in [0.25, 0.3) is 0 Å². The van der Waals surface area contributed by atoms with Crippen molar-refractivity contribution >= 4 is 51.1 Å². The second kappa shape index (κ2) is 4.57. The highest BCUT2D eigenvalue weighted by atomic mass is 35.5. The Bertz CT molecular complexity index is 619. The van der Waals surface area contributed by atoms with Gasteiger partial charge in [0, 0.05) is 15.1 Å². The van der Waals surface area contributed by atoms with Gasteiger partial charge in [0.15, 0.2) is 11.7 Å². The highest BCUT2D eigenvalue weighted by molar-refractivity contribution is 8.00. The Morgan fingerprint density at radius 2 is 2.19 bits per heavy atom. The fourth-order valence-corrected chi connectivity index (χ4v) is 3.52. The topological polar surface area (TPSA) is 34.1 Å². The van der Waals surface area contributed by atoms with Crippen LogP contribution in [0.25, 0.3) is 10.1 Å². The Balaban J connectivity index is 2.93. The number of aldehydes is 1. The molecule has 0 amide bonds. The molecule has 82 valence electrons. The van der Waals surface area contributed by atoms with Gasteiger partial charge in [-0.1, -0.05) is 11.6 Å². The van der Waals surface area contributed by atoms with Gasteiger partial charge in [-0.25, -0.2) is 0 Å². The molecule has 2 aromatic rings. The van der Waals surface area contributed by atoms with E-state index in [-0.39, 0.29) is 11.0 Å². The fourth-order valence-electron chi connectivity index (χ4n) is 1.41. The van der Waals surface area contributed by atoms with Crippen LogP contribution in [0.3, 0.4) is 0 Å². The maximum atomic E-state index is 12.0. The van der Waals surface area contributed by atoms with Crippen LogP contribution in [0.5, 0.6) is 0 Å². The van der Waals surface area contributed by atoms with Crippen molar-refractivity contribution in [1.29, 1.82) is 0 Å². The maximum absolute atomic E-state index is 12.0. The summed E-state index contributed by atoms with van der Waals surface area (Å²) in [4.78, 5) is 22.9. The SMILES string of the molecule is CSc1sc2cc(Cl)ccc2c(=O)c1C=O. The van der Waals surface area contributed by atoms with Crippen molar-refractivity contribution in [2.75, 3.05) is 6.26 Å². The zero-order chi connectivity index (χ0) is 11.7. The van der Waals surface area contributed by atoms with Crippen LogP contribution in [-0.2, 0) is 0 Å². The number of benzene rings is 1. The van der Waals surface area contributed by atoms with E-state index in [1.54, 1.807) is 18.2 Å². The van der Waals surface area contributed by atoms with Crippen molar-refractivity contribution in [1.82, 2.24) is 0 Å². The highest BCUT2D eigenvalue weighted by Gasteiger charge is 2.11. The Labute approximate surface area is 105 Å². The molecule has 0 aliphatic carbocycles. The maximum Gasteiger partial charge on any atom is 0.199 e. The molecule has 0 spiro atoms. The molecule has 0 fully saturated rings. The molecule has 1 aromatic carbocycles. The van der Waals surface area contributed by atoms with E-state index in [0.29, 0.717) is 16.7 Å². The summed E-state index contributed by atoms with van der Waals surface area (Å²) in [6.45, 7) is 0. The molecule has 1 heterocycles. The number of fused-ring (bicyclic) bond motifs is 1. The van der Waals surface area contributed by atoms with E-state index in [1.165, 1.54) is 23.1 Å². The molecular formula is C11H7ClO2S2. The van der Waals surface area contributed by atoms with Crippen LogP contribution in [0, 0.1) is 0 Å². The van der Waals surface area contributed by atoms with Crippen molar-refractivity contribution in [3.8, 4) is 0 Å². The average molecular weight is 271 g/mol. The van der Waals surface area contributed by atoms with Gasteiger partial charge in [-0.3, -0.25) is 9.59 Å². The lowest BCUT2D eigenvalue weighted by Crippen LogP contribution is -2.08. The van der Waals surface area contributed by atoms with E-state index >= 15 is 0 Å². The third kappa shape index (κ3) is 1.88. The van der Waals surface area contributed by atoms with Crippen LogP contribution in [0.15, 0.2) is 27.2 Å². The monoisotopic (exact) mass is 270 g/mol. The van der Waals surface area contributed by atoms with E-state index in [2.05, 4.69) is 0 Å². The molecule has 0 aliphatic heterocycles. The minimum absolute atomic E-state index is 0.218. The van der Waals surface area contributed by atoms with Crippen molar-refractivity contribution < 1.29 is 4.79 Å². The molecular weight excluding hydrogens is 264 g/mol. The zero-order valence-electron chi connectivity index (χ0n) is 8.32. The lowest BCUT2D eigenvalue weighted by molar-refractivity contribution is 0.112. The number of halogens is 1. The van der Waals surface area contributed by atoms with Gasteiger partial charge < -0.3 is 0 Å². The van der Waals surface area contributed by atoms with Crippen molar-refractivity contribution in [2.24, 2.45) is 0 Å². The predicted molar refractivity (Wildman–Crippen MR) is 70.3 cm³/mol. The van der Waals surface area contributed by atoms with Crippen LogP contribution < -0.4 is 5.43 Å². The first-order valence-corrected chi connectivity index (χ1v) is 6.85. The summed E-state index contributed by atoms with van der Waals surface area (Å²) in [7, 11) is 0. The Morgan fingerprint density at radius 1 is 1.44 bits per heavy atom. The molecule has 0 unspecified atom stereocenters. The summed E-state index contributed by atoms with van der Waals surface area (Å²) < 4.78 is 1.54. The van der Waals surface area contributed by atoms with Gasteiger partial charge in [-0.2, -0.15) is 0 Å². The van der Waals surface area contributed by atoms with Crippen LogP contribution >= 0.6 is 34.7 Å². The molecule has 0 radical (unpaired) electrons. The Kier molecular flexibility index (Phi) is 3.33. The lowest BCUT2D eigenvalue weighted by atomic mass is 10.2. The molecule has 0 N–H and O–H groups in total. The molecule has 0 atom stereocenters. The number of thioether (sulfide) groups is 1. The number of carbonyl (C=O) groups is 1. The number of hydrogen-bond acceptors (Lipinski definition) is 4. The summed E-state index contributed by atoms with van der Waals surface area (Å²) in [6, 6.07) is 5.07. The molecule has 0 saturated carbocycles. The summed E-state index contributed by atoms with van der Waals surface area (Å²) in [5.41, 5.74) is 0.0251. The van der Waals surface area contributed by atoms with Gasteiger partial charge >= 0.3 is 0 Å². The highest BCUT2D eigenvalue weighted by Crippen LogP contribution is 2.29. The van der Waals surface area contributed by atoms with Crippen LogP contribution in [-0.4, -0.2) is 12.5 Å².